The molecule has 1 aromatic rings. The first-order valence-electron chi connectivity index (χ1n) is 5.87. The summed E-state index contributed by atoms with van der Waals surface area (Å²) in [6.45, 7) is 5.62. The number of hydrogen-bond acceptors (Lipinski definition) is 4. The first-order chi connectivity index (χ1) is 7.75. The molecule has 0 spiro atoms. The highest BCUT2D eigenvalue weighted by molar-refractivity contribution is 7.09. The second-order valence-electron chi connectivity index (χ2n) is 4.61. The molecular formula is C12H21N3S. The largest absolute Gasteiger partial charge is 0.314 e. The Kier molecular flexibility index (Phi) is 4.35. The van der Waals surface area contributed by atoms with Gasteiger partial charge in [-0.2, -0.15) is 0 Å². The molecule has 1 aliphatic rings. The monoisotopic (exact) mass is 239 g/mol. The summed E-state index contributed by atoms with van der Waals surface area (Å²) in [6, 6.07) is 4.99. The Morgan fingerprint density at radius 3 is 3.19 bits per heavy atom. The third-order valence-electron chi connectivity index (χ3n) is 3.17. The van der Waals surface area contributed by atoms with Crippen LogP contribution < -0.4 is 5.32 Å². The number of thiophene rings is 1. The van der Waals surface area contributed by atoms with E-state index >= 15 is 0 Å². The van der Waals surface area contributed by atoms with Crippen LogP contribution in [0, 0.1) is 0 Å². The zero-order valence-electron chi connectivity index (χ0n) is 10.1. The van der Waals surface area contributed by atoms with Gasteiger partial charge in [0.2, 0.25) is 0 Å². The molecule has 1 aromatic heterocycles. The van der Waals surface area contributed by atoms with Crippen LogP contribution in [0.2, 0.25) is 0 Å². The molecule has 4 heteroatoms. The van der Waals surface area contributed by atoms with Crippen molar-refractivity contribution in [3.8, 4) is 0 Å². The Morgan fingerprint density at radius 1 is 1.62 bits per heavy atom. The summed E-state index contributed by atoms with van der Waals surface area (Å²) in [5.41, 5.74) is 0. The average molecular weight is 239 g/mol. The van der Waals surface area contributed by atoms with Crippen LogP contribution >= 0.6 is 11.3 Å². The van der Waals surface area contributed by atoms with E-state index in [1.165, 1.54) is 4.88 Å². The molecule has 0 aliphatic carbocycles. The minimum absolute atomic E-state index is 0.652. The van der Waals surface area contributed by atoms with Crippen molar-refractivity contribution in [1.82, 2.24) is 15.1 Å². The summed E-state index contributed by atoms with van der Waals surface area (Å²) in [7, 11) is 4.44. The Morgan fingerprint density at radius 2 is 2.50 bits per heavy atom. The molecule has 1 aliphatic heterocycles. The van der Waals surface area contributed by atoms with Gasteiger partial charge in [0, 0.05) is 43.6 Å². The van der Waals surface area contributed by atoms with Crippen molar-refractivity contribution in [2.75, 3.05) is 40.3 Å². The van der Waals surface area contributed by atoms with E-state index in [2.05, 4.69) is 46.7 Å². The van der Waals surface area contributed by atoms with Crippen LogP contribution in [-0.2, 0) is 6.54 Å². The molecule has 0 saturated carbocycles. The fourth-order valence-corrected chi connectivity index (χ4v) is 2.94. The molecule has 1 unspecified atom stereocenters. The van der Waals surface area contributed by atoms with Crippen LogP contribution in [0.1, 0.15) is 4.88 Å². The molecule has 2 heterocycles. The lowest BCUT2D eigenvalue weighted by Crippen LogP contribution is -2.53. The van der Waals surface area contributed by atoms with Gasteiger partial charge in [-0.1, -0.05) is 6.07 Å². The molecule has 1 saturated heterocycles. The summed E-state index contributed by atoms with van der Waals surface area (Å²) < 4.78 is 0. The van der Waals surface area contributed by atoms with Gasteiger partial charge < -0.3 is 5.32 Å². The number of rotatable bonds is 4. The zero-order chi connectivity index (χ0) is 11.4. The topological polar surface area (TPSA) is 18.5 Å². The van der Waals surface area contributed by atoms with Crippen LogP contribution in [-0.4, -0.2) is 56.1 Å². The Labute approximate surface area is 102 Å². The van der Waals surface area contributed by atoms with Gasteiger partial charge in [-0.15, -0.1) is 11.3 Å². The van der Waals surface area contributed by atoms with Crippen LogP contribution in [0.4, 0.5) is 0 Å². The second-order valence-corrected chi connectivity index (χ2v) is 5.65. The van der Waals surface area contributed by atoms with Crippen LogP contribution in [0.15, 0.2) is 17.5 Å². The summed E-state index contributed by atoms with van der Waals surface area (Å²) in [6.07, 6.45) is 0. The van der Waals surface area contributed by atoms with Gasteiger partial charge in [-0.05, 0) is 25.5 Å². The van der Waals surface area contributed by atoms with Crippen molar-refractivity contribution < 1.29 is 0 Å². The molecule has 16 heavy (non-hydrogen) atoms. The van der Waals surface area contributed by atoms with E-state index < -0.39 is 0 Å². The van der Waals surface area contributed by atoms with Crippen molar-refractivity contribution in [3.05, 3.63) is 22.4 Å². The maximum Gasteiger partial charge on any atom is 0.0345 e. The molecule has 1 fully saturated rings. The van der Waals surface area contributed by atoms with E-state index in [9.17, 15) is 0 Å². The maximum atomic E-state index is 3.46. The lowest BCUT2D eigenvalue weighted by atomic mass is 10.2. The third-order valence-corrected chi connectivity index (χ3v) is 4.03. The molecular weight excluding hydrogens is 218 g/mol. The van der Waals surface area contributed by atoms with Gasteiger partial charge in [0.25, 0.3) is 0 Å². The summed E-state index contributed by atoms with van der Waals surface area (Å²) in [5.74, 6) is 0. The van der Waals surface area contributed by atoms with Gasteiger partial charge in [0.15, 0.2) is 0 Å². The van der Waals surface area contributed by atoms with Gasteiger partial charge >= 0.3 is 0 Å². The van der Waals surface area contributed by atoms with E-state index in [4.69, 9.17) is 0 Å². The van der Waals surface area contributed by atoms with Crippen molar-refractivity contribution in [2.24, 2.45) is 0 Å². The van der Waals surface area contributed by atoms with E-state index in [1.807, 2.05) is 11.3 Å². The number of likely N-dealkylation sites (N-methyl/N-ethyl adjacent to an activating group) is 2. The van der Waals surface area contributed by atoms with Gasteiger partial charge in [-0.25, -0.2) is 0 Å². The van der Waals surface area contributed by atoms with Crippen molar-refractivity contribution in [3.63, 3.8) is 0 Å². The summed E-state index contributed by atoms with van der Waals surface area (Å²) in [4.78, 5) is 6.33. The fourth-order valence-electron chi connectivity index (χ4n) is 2.16. The predicted molar refractivity (Wildman–Crippen MR) is 69.9 cm³/mol. The average Bonchev–Trinajstić information content (AvgIpc) is 2.74. The van der Waals surface area contributed by atoms with E-state index in [0.29, 0.717) is 6.04 Å². The highest BCUT2D eigenvalue weighted by Gasteiger charge is 2.19. The quantitative estimate of drug-likeness (QED) is 0.848. The molecule has 3 nitrogen and oxygen atoms in total. The van der Waals surface area contributed by atoms with Crippen LogP contribution in [0.3, 0.4) is 0 Å². The second kappa shape index (κ2) is 5.77. The molecule has 1 atom stereocenters. The van der Waals surface area contributed by atoms with Crippen LogP contribution in [0.5, 0.6) is 0 Å². The van der Waals surface area contributed by atoms with Crippen molar-refractivity contribution in [2.45, 2.75) is 12.6 Å². The standard InChI is InChI=1S/C12H21N3S/c1-14(10-12-4-3-7-16-12)9-11-8-13-5-6-15(11)2/h3-4,7,11,13H,5-6,8-10H2,1-2H3. The Hall–Kier alpha value is -0.420. The first kappa shape index (κ1) is 12.0. The van der Waals surface area contributed by atoms with E-state index in [-0.39, 0.29) is 0 Å². The molecule has 0 aromatic carbocycles. The smallest absolute Gasteiger partial charge is 0.0345 e. The number of nitrogens with zero attached hydrogens (tertiary/aromatic N) is 2. The zero-order valence-corrected chi connectivity index (χ0v) is 11.0. The predicted octanol–water partition coefficient (Wildman–Crippen LogP) is 1.08. The fraction of sp³-hybridized carbons (Fsp3) is 0.667. The summed E-state index contributed by atoms with van der Waals surface area (Å²) >= 11 is 1.84. The van der Waals surface area contributed by atoms with Crippen LogP contribution in [0.25, 0.3) is 0 Å². The first-order valence-corrected chi connectivity index (χ1v) is 6.75. The summed E-state index contributed by atoms with van der Waals surface area (Å²) in [5, 5.41) is 5.61. The molecule has 1 N–H and O–H groups in total. The van der Waals surface area contributed by atoms with E-state index in [0.717, 1.165) is 32.7 Å². The lowest BCUT2D eigenvalue weighted by molar-refractivity contribution is 0.150. The van der Waals surface area contributed by atoms with Gasteiger partial charge in [0.05, 0.1) is 0 Å². The minimum Gasteiger partial charge on any atom is -0.314 e. The third kappa shape index (κ3) is 3.28. The normalized spacial score (nSPS) is 22.8. The van der Waals surface area contributed by atoms with Gasteiger partial charge in [-0.3, -0.25) is 9.80 Å². The Balaban J connectivity index is 1.79. The van der Waals surface area contributed by atoms with E-state index in [1.54, 1.807) is 0 Å². The molecule has 90 valence electrons. The van der Waals surface area contributed by atoms with Crippen molar-refractivity contribution in [1.29, 1.82) is 0 Å². The van der Waals surface area contributed by atoms with Gasteiger partial charge in [0.1, 0.15) is 0 Å². The molecule has 0 radical (unpaired) electrons. The minimum atomic E-state index is 0.652. The molecule has 0 amide bonds. The number of hydrogen-bond donors (Lipinski definition) is 1. The Bertz CT molecular complexity index is 299. The highest BCUT2D eigenvalue weighted by atomic mass is 32.1. The SMILES string of the molecule is CN(Cc1cccs1)CC1CNCCN1C. The lowest BCUT2D eigenvalue weighted by Gasteiger charge is -2.35. The highest BCUT2D eigenvalue weighted by Crippen LogP contribution is 2.11. The maximum absolute atomic E-state index is 3.46. The van der Waals surface area contributed by atoms with Crippen molar-refractivity contribution >= 4 is 11.3 Å². The number of nitrogens with one attached hydrogen (secondary N) is 1. The molecule has 2 rings (SSSR count). The number of piperazine rings is 1. The molecule has 0 bridgehead atoms.